The van der Waals surface area contributed by atoms with Crippen LogP contribution in [0.15, 0.2) is 54.9 Å². The molecule has 0 bridgehead atoms. The molecule has 4 rings (SSSR count). The number of aromatic nitrogens is 2. The lowest BCUT2D eigenvalue weighted by Crippen LogP contribution is -2.19. The number of fused-ring (bicyclic) bond motifs is 2. The average molecular weight is 275 g/mol. The number of rotatable bonds is 2. The largest absolute Gasteiger partial charge is 0.323 e. The van der Waals surface area contributed by atoms with Crippen LogP contribution in [0, 0.1) is 0 Å². The van der Waals surface area contributed by atoms with Crippen molar-refractivity contribution >= 4 is 10.9 Å². The summed E-state index contributed by atoms with van der Waals surface area (Å²) in [5.74, 6) is 0.298. The fourth-order valence-corrected chi connectivity index (χ4v) is 3.42. The molecule has 1 aromatic carbocycles. The highest BCUT2D eigenvalue weighted by molar-refractivity contribution is 5.82. The van der Waals surface area contributed by atoms with E-state index >= 15 is 0 Å². The third kappa shape index (κ3) is 2.01. The van der Waals surface area contributed by atoms with Gasteiger partial charge in [-0.25, -0.2) is 0 Å². The number of hydrogen-bond acceptors (Lipinski definition) is 3. The third-order valence-electron chi connectivity index (χ3n) is 4.48. The number of hydrogen-bond donors (Lipinski definition) is 1. The second kappa shape index (κ2) is 4.93. The number of nitrogens with zero attached hydrogens (tertiary/aromatic N) is 2. The van der Waals surface area contributed by atoms with E-state index in [1.54, 1.807) is 0 Å². The summed E-state index contributed by atoms with van der Waals surface area (Å²) in [6, 6.07) is 14.4. The molecule has 3 aromatic rings. The van der Waals surface area contributed by atoms with Gasteiger partial charge in [-0.2, -0.15) is 0 Å². The van der Waals surface area contributed by atoms with E-state index in [2.05, 4.69) is 22.1 Å². The molecule has 1 aliphatic carbocycles. The highest BCUT2D eigenvalue weighted by atomic mass is 14.8. The number of para-hydroxylation sites is 1. The predicted octanol–water partition coefficient (Wildman–Crippen LogP) is 3.36. The van der Waals surface area contributed by atoms with Gasteiger partial charge in [-0.1, -0.05) is 24.3 Å². The van der Waals surface area contributed by atoms with Crippen molar-refractivity contribution in [1.29, 1.82) is 0 Å². The summed E-state index contributed by atoms with van der Waals surface area (Å²) in [5.41, 5.74) is 11.3. The molecule has 1 aliphatic rings. The lowest BCUT2D eigenvalue weighted by atomic mass is 9.90. The maximum Gasteiger partial charge on any atom is 0.0705 e. The Kier molecular flexibility index (Phi) is 2.93. The fraction of sp³-hybridized carbons (Fsp3) is 0.222. The number of benzene rings is 1. The van der Waals surface area contributed by atoms with Crippen molar-refractivity contribution in [3.8, 4) is 0 Å². The Morgan fingerprint density at radius 1 is 1.00 bits per heavy atom. The average Bonchev–Trinajstić information content (AvgIpc) is 2.98. The van der Waals surface area contributed by atoms with Crippen molar-refractivity contribution in [3.63, 3.8) is 0 Å². The Bertz CT molecular complexity index is 792. The van der Waals surface area contributed by atoms with Crippen molar-refractivity contribution in [2.24, 2.45) is 5.73 Å². The van der Waals surface area contributed by atoms with E-state index < -0.39 is 0 Å². The zero-order valence-electron chi connectivity index (χ0n) is 11.7. The quantitative estimate of drug-likeness (QED) is 0.780. The Morgan fingerprint density at radius 2 is 1.90 bits per heavy atom. The molecule has 2 heterocycles. The molecule has 0 saturated carbocycles. The van der Waals surface area contributed by atoms with E-state index in [4.69, 9.17) is 5.73 Å². The van der Waals surface area contributed by atoms with Crippen molar-refractivity contribution in [2.75, 3.05) is 0 Å². The number of aryl methyl sites for hydroxylation is 1. The van der Waals surface area contributed by atoms with Crippen molar-refractivity contribution < 1.29 is 0 Å². The van der Waals surface area contributed by atoms with Gasteiger partial charge >= 0.3 is 0 Å². The van der Waals surface area contributed by atoms with Gasteiger partial charge in [0, 0.05) is 35.4 Å². The van der Waals surface area contributed by atoms with Gasteiger partial charge in [0.25, 0.3) is 0 Å². The molecular weight excluding hydrogens is 258 g/mol. The van der Waals surface area contributed by atoms with Crippen molar-refractivity contribution in [1.82, 2.24) is 9.97 Å². The van der Waals surface area contributed by atoms with Crippen LogP contribution in [0.3, 0.4) is 0 Å². The van der Waals surface area contributed by atoms with Gasteiger partial charge in [-0.3, -0.25) is 9.97 Å². The molecular formula is C18H17N3. The summed E-state index contributed by atoms with van der Waals surface area (Å²) < 4.78 is 0. The van der Waals surface area contributed by atoms with Gasteiger partial charge in [-0.05, 0) is 42.2 Å². The SMILES string of the molecule is NC(c1ccnc2ccccc12)C1CCc2cccnc21. The zero-order chi connectivity index (χ0) is 14.2. The second-order valence-electron chi connectivity index (χ2n) is 5.64. The van der Waals surface area contributed by atoms with Crippen molar-refractivity contribution in [3.05, 3.63) is 71.7 Å². The standard InChI is InChI=1S/C18H17N3/c19-17(15-8-7-12-4-3-10-21-18(12)15)14-9-11-20-16-6-2-1-5-13(14)16/h1-6,9-11,15,17H,7-8,19H2. The van der Waals surface area contributed by atoms with Gasteiger partial charge in [0.2, 0.25) is 0 Å². The van der Waals surface area contributed by atoms with E-state index in [0.29, 0.717) is 5.92 Å². The molecule has 2 atom stereocenters. The summed E-state index contributed by atoms with van der Waals surface area (Å²) in [4.78, 5) is 9.00. The summed E-state index contributed by atoms with van der Waals surface area (Å²) in [5, 5.41) is 1.15. The first kappa shape index (κ1) is 12.5. The summed E-state index contributed by atoms with van der Waals surface area (Å²) >= 11 is 0. The zero-order valence-corrected chi connectivity index (χ0v) is 11.7. The van der Waals surface area contributed by atoms with E-state index in [9.17, 15) is 0 Å². The van der Waals surface area contributed by atoms with Gasteiger partial charge in [0.1, 0.15) is 0 Å². The lowest BCUT2D eigenvalue weighted by Gasteiger charge is -2.21. The van der Waals surface area contributed by atoms with Crippen LogP contribution in [0.4, 0.5) is 0 Å². The van der Waals surface area contributed by atoms with Crippen LogP contribution >= 0.6 is 0 Å². The van der Waals surface area contributed by atoms with E-state index in [-0.39, 0.29) is 6.04 Å². The van der Waals surface area contributed by atoms with Gasteiger partial charge in [0.15, 0.2) is 0 Å². The Morgan fingerprint density at radius 3 is 2.86 bits per heavy atom. The predicted molar refractivity (Wildman–Crippen MR) is 84.0 cm³/mol. The normalized spacial score (nSPS) is 18.6. The molecule has 0 spiro atoms. The summed E-state index contributed by atoms with van der Waals surface area (Å²) in [6.07, 6.45) is 5.87. The summed E-state index contributed by atoms with van der Waals surface area (Å²) in [7, 11) is 0. The molecule has 104 valence electrons. The molecule has 0 radical (unpaired) electrons. The highest BCUT2D eigenvalue weighted by Crippen LogP contribution is 2.40. The fourth-order valence-electron chi connectivity index (χ4n) is 3.42. The van der Waals surface area contributed by atoms with Crippen LogP contribution in [-0.4, -0.2) is 9.97 Å². The van der Waals surface area contributed by atoms with E-state index in [1.807, 2.05) is 42.7 Å². The first-order chi connectivity index (χ1) is 10.3. The summed E-state index contributed by atoms with van der Waals surface area (Å²) in [6.45, 7) is 0. The van der Waals surface area contributed by atoms with Gasteiger partial charge < -0.3 is 5.73 Å². The first-order valence-corrected chi connectivity index (χ1v) is 7.37. The third-order valence-corrected chi connectivity index (χ3v) is 4.48. The van der Waals surface area contributed by atoms with Gasteiger partial charge in [-0.15, -0.1) is 0 Å². The van der Waals surface area contributed by atoms with Crippen LogP contribution in [0.5, 0.6) is 0 Å². The molecule has 21 heavy (non-hydrogen) atoms. The first-order valence-electron chi connectivity index (χ1n) is 7.37. The molecule has 2 aromatic heterocycles. The second-order valence-corrected chi connectivity index (χ2v) is 5.64. The van der Waals surface area contributed by atoms with E-state index in [1.165, 1.54) is 16.8 Å². The number of nitrogens with two attached hydrogens (primary N) is 1. The molecule has 3 nitrogen and oxygen atoms in total. The lowest BCUT2D eigenvalue weighted by molar-refractivity contribution is 0.544. The van der Waals surface area contributed by atoms with Gasteiger partial charge in [0.05, 0.1) is 5.52 Å². The minimum Gasteiger partial charge on any atom is -0.323 e. The molecule has 2 unspecified atom stereocenters. The monoisotopic (exact) mass is 275 g/mol. The van der Waals surface area contributed by atoms with E-state index in [0.717, 1.165) is 23.7 Å². The van der Waals surface area contributed by atoms with Crippen molar-refractivity contribution in [2.45, 2.75) is 24.8 Å². The van der Waals surface area contributed by atoms with Crippen LogP contribution in [-0.2, 0) is 6.42 Å². The van der Waals surface area contributed by atoms with Crippen LogP contribution in [0.2, 0.25) is 0 Å². The molecule has 0 aliphatic heterocycles. The molecule has 0 fully saturated rings. The van der Waals surface area contributed by atoms with Crippen LogP contribution < -0.4 is 5.73 Å². The Balaban J connectivity index is 1.80. The molecule has 0 saturated heterocycles. The minimum atomic E-state index is -0.0333. The Hall–Kier alpha value is -2.26. The molecule has 0 amide bonds. The topological polar surface area (TPSA) is 51.8 Å². The molecule has 3 heteroatoms. The Labute approximate surface area is 123 Å². The highest BCUT2D eigenvalue weighted by Gasteiger charge is 2.30. The smallest absolute Gasteiger partial charge is 0.0705 e. The number of pyridine rings is 2. The molecule has 2 N–H and O–H groups in total. The van der Waals surface area contributed by atoms with Crippen LogP contribution in [0.1, 0.15) is 35.2 Å². The minimum absolute atomic E-state index is 0.0333. The van der Waals surface area contributed by atoms with Crippen LogP contribution in [0.25, 0.3) is 10.9 Å². The maximum absolute atomic E-state index is 6.61. The maximum atomic E-state index is 6.61.